The average molecular weight is 432 g/mol. The summed E-state index contributed by atoms with van der Waals surface area (Å²) in [5, 5.41) is 7.02. The van der Waals surface area contributed by atoms with Gasteiger partial charge >= 0.3 is 17.2 Å². The molecule has 0 unspecified atom stereocenters. The highest BCUT2D eigenvalue weighted by molar-refractivity contribution is 6.30. The molecule has 0 aliphatic carbocycles. The minimum atomic E-state index is -0.890. The number of H-pyrrole nitrogens is 1. The summed E-state index contributed by atoms with van der Waals surface area (Å²) >= 11 is 5.83. The van der Waals surface area contributed by atoms with Crippen LogP contribution in [0.4, 0.5) is 4.39 Å². The molecule has 0 saturated carbocycles. The maximum atomic E-state index is 13.0. The van der Waals surface area contributed by atoms with Gasteiger partial charge in [0.05, 0.1) is 12.8 Å². The van der Waals surface area contributed by atoms with Crippen molar-refractivity contribution in [2.75, 3.05) is 6.61 Å². The summed E-state index contributed by atoms with van der Waals surface area (Å²) < 4.78 is 19.0. The van der Waals surface area contributed by atoms with Crippen LogP contribution in [0.1, 0.15) is 33.3 Å². The van der Waals surface area contributed by atoms with Crippen molar-refractivity contribution in [3.05, 3.63) is 86.5 Å². The molecule has 0 aliphatic heterocycles. The highest BCUT2D eigenvalue weighted by Crippen LogP contribution is 2.10. The van der Waals surface area contributed by atoms with E-state index in [1.165, 1.54) is 42.6 Å². The molecule has 2 aromatic carbocycles. The molecule has 3 rings (SSSR count). The molecule has 0 atom stereocenters. The highest BCUT2D eigenvalue weighted by atomic mass is 35.5. The van der Waals surface area contributed by atoms with Gasteiger partial charge in [-0.3, -0.25) is 4.79 Å². The number of esters is 1. The molecule has 1 heterocycles. The first kappa shape index (κ1) is 21.1. The Morgan fingerprint density at radius 1 is 1.20 bits per heavy atom. The van der Waals surface area contributed by atoms with E-state index in [1.54, 1.807) is 19.1 Å². The standard InChI is InChI=1S/C20H16ClFN4O4/c1-2-30-20(29)18-19(28)26(23-11-13-3-9-16(22)10-4-13)24-25(18)12-17(27)14-5-7-15(21)8-6-14/h3-11H,2,12H2,1H3/p+1. The van der Waals surface area contributed by atoms with Crippen LogP contribution in [0.5, 0.6) is 0 Å². The summed E-state index contributed by atoms with van der Waals surface area (Å²) in [6.07, 6.45) is 1.30. The number of nitrogens with one attached hydrogen (secondary N) is 1. The number of hydrogen-bond acceptors (Lipinski definition) is 5. The molecular weight excluding hydrogens is 415 g/mol. The van der Waals surface area contributed by atoms with Crippen molar-refractivity contribution in [1.29, 1.82) is 0 Å². The third-order valence-electron chi connectivity index (χ3n) is 4.01. The lowest BCUT2D eigenvalue weighted by Crippen LogP contribution is -2.46. The molecule has 10 heteroatoms. The van der Waals surface area contributed by atoms with Gasteiger partial charge in [0.25, 0.3) is 0 Å². The SMILES string of the molecule is CCOC(=O)c1c(=O)n(N=Cc2ccc(F)cc2)[nH][n+]1CC(=O)c1ccc(Cl)cc1. The van der Waals surface area contributed by atoms with Crippen LogP contribution in [0.15, 0.2) is 58.4 Å². The number of ether oxygens (including phenoxy) is 1. The van der Waals surface area contributed by atoms with Crippen LogP contribution in [0.3, 0.4) is 0 Å². The van der Waals surface area contributed by atoms with E-state index < -0.39 is 17.3 Å². The molecule has 1 N–H and O–H groups in total. The number of ketones is 1. The van der Waals surface area contributed by atoms with Gasteiger partial charge < -0.3 is 4.74 Å². The van der Waals surface area contributed by atoms with Gasteiger partial charge in [-0.05, 0) is 48.9 Å². The summed E-state index contributed by atoms with van der Waals surface area (Å²) in [6, 6.07) is 11.6. The number of hydrogen-bond donors (Lipinski definition) is 1. The van der Waals surface area contributed by atoms with Gasteiger partial charge in [0, 0.05) is 15.4 Å². The van der Waals surface area contributed by atoms with Crippen LogP contribution in [0.2, 0.25) is 5.02 Å². The van der Waals surface area contributed by atoms with Crippen molar-refractivity contribution in [2.24, 2.45) is 5.10 Å². The molecule has 0 fully saturated rings. The topological polar surface area (TPSA) is 97.4 Å². The largest absolute Gasteiger partial charge is 0.459 e. The van der Waals surface area contributed by atoms with Crippen molar-refractivity contribution >= 4 is 29.6 Å². The van der Waals surface area contributed by atoms with Crippen molar-refractivity contribution in [1.82, 2.24) is 10.0 Å². The summed E-state index contributed by atoms with van der Waals surface area (Å²) in [5.41, 5.74) is -0.296. The van der Waals surface area contributed by atoms with E-state index in [0.717, 1.165) is 9.47 Å². The molecule has 0 bridgehead atoms. The fourth-order valence-corrected chi connectivity index (χ4v) is 2.69. The number of aromatic nitrogens is 3. The Morgan fingerprint density at radius 2 is 1.87 bits per heavy atom. The van der Waals surface area contributed by atoms with Crippen LogP contribution in [-0.2, 0) is 11.3 Å². The van der Waals surface area contributed by atoms with E-state index in [0.29, 0.717) is 16.1 Å². The monoisotopic (exact) mass is 431 g/mol. The van der Waals surface area contributed by atoms with E-state index in [-0.39, 0.29) is 24.6 Å². The van der Waals surface area contributed by atoms with Gasteiger partial charge in [0.2, 0.25) is 5.78 Å². The first-order valence-electron chi connectivity index (χ1n) is 8.89. The van der Waals surface area contributed by atoms with E-state index in [9.17, 15) is 18.8 Å². The van der Waals surface area contributed by atoms with Crippen LogP contribution in [0, 0.1) is 5.82 Å². The van der Waals surface area contributed by atoms with Crippen LogP contribution >= 0.6 is 11.6 Å². The highest BCUT2D eigenvalue weighted by Gasteiger charge is 2.31. The summed E-state index contributed by atoms with van der Waals surface area (Å²) in [5.74, 6) is -1.66. The predicted octanol–water partition coefficient (Wildman–Crippen LogP) is 2.20. The number of aromatic amines is 1. The van der Waals surface area contributed by atoms with E-state index >= 15 is 0 Å². The lowest BCUT2D eigenvalue weighted by molar-refractivity contribution is -0.744. The number of carbonyl (C=O) groups excluding carboxylic acids is 2. The van der Waals surface area contributed by atoms with Gasteiger partial charge in [-0.2, -0.15) is 0 Å². The fourth-order valence-electron chi connectivity index (χ4n) is 2.56. The fraction of sp³-hybridized carbons (Fsp3) is 0.150. The lowest BCUT2D eigenvalue weighted by Gasteiger charge is -2.01. The number of nitrogens with zero attached hydrogens (tertiary/aromatic N) is 3. The number of halogens is 2. The van der Waals surface area contributed by atoms with Crippen LogP contribution in [0.25, 0.3) is 0 Å². The Balaban J connectivity index is 1.94. The van der Waals surface area contributed by atoms with Crippen molar-refractivity contribution in [3.63, 3.8) is 0 Å². The molecule has 1 aromatic heterocycles. The minimum absolute atomic E-state index is 0.0490. The Morgan fingerprint density at radius 3 is 2.50 bits per heavy atom. The van der Waals surface area contributed by atoms with Gasteiger partial charge in [-0.25, -0.2) is 14.0 Å². The second kappa shape index (κ2) is 9.27. The predicted molar refractivity (Wildman–Crippen MR) is 106 cm³/mol. The maximum absolute atomic E-state index is 13.0. The van der Waals surface area contributed by atoms with E-state index in [2.05, 4.69) is 10.3 Å². The third-order valence-corrected chi connectivity index (χ3v) is 4.26. The second-order valence-corrected chi connectivity index (χ2v) is 6.53. The van der Waals surface area contributed by atoms with Gasteiger partial charge in [0.15, 0.2) is 6.54 Å². The quantitative estimate of drug-likeness (QED) is 0.268. The van der Waals surface area contributed by atoms with Crippen molar-refractivity contribution in [3.8, 4) is 0 Å². The normalized spacial score (nSPS) is 11.0. The molecule has 0 aliphatic rings. The second-order valence-electron chi connectivity index (χ2n) is 6.10. The van der Waals surface area contributed by atoms with Crippen LogP contribution < -0.4 is 10.2 Å². The minimum Gasteiger partial charge on any atom is -0.459 e. The summed E-state index contributed by atoms with van der Waals surface area (Å²) in [7, 11) is 0. The Labute approximate surface area is 175 Å². The molecule has 0 spiro atoms. The number of carbonyl (C=O) groups is 2. The number of rotatable bonds is 7. The first-order chi connectivity index (χ1) is 14.4. The molecule has 8 nitrogen and oxygen atoms in total. The van der Waals surface area contributed by atoms with Gasteiger partial charge in [0.1, 0.15) is 5.82 Å². The van der Waals surface area contributed by atoms with Gasteiger partial charge in [-0.15, -0.1) is 4.68 Å². The molecule has 3 aromatic rings. The zero-order valence-electron chi connectivity index (χ0n) is 15.8. The third kappa shape index (κ3) is 4.87. The average Bonchev–Trinajstić information content (AvgIpc) is 3.03. The Bertz CT molecular complexity index is 1150. The molecule has 0 amide bonds. The van der Waals surface area contributed by atoms with E-state index in [4.69, 9.17) is 16.3 Å². The maximum Gasteiger partial charge on any atom is 0.434 e. The van der Waals surface area contributed by atoms with Crippen molar-refractivity contribution < 1.29 is 23.4 Å². The Kier molecular flexibility index (Phi) is 6.53. The zero-order chi connectivity index (χ0) is 21.7. The zero-order valence-corrected chi connectivity index (χ0v) is 16.6. The number of Topliss-reactive ketones (excluding diaryl/α,β-unsaturated/α-hetero) is 1. The molecule has 0 saturated heterocycles. The van der Waals surface area contributed by atoms with Gasteiger partial charge in [-0.1, -0.05) is 34.0 Å². The smallest absolute Gasteiger partial charge is 0.434 e. The first-order valence-corrected chi connectivity index (χ1v) is 9.27. The Hall–Kier alpha value is -3.59. The number of benzene rings is 2. The summed E-state index contributed by atoms with van der Waals surface area (Å²) in [4.78, 5) is 38.3. The molecular formula is C20H17ClFN4O4+. The molecule has 30 heavy (non-hydrogen) atoms. The van der Waals surface area contributed by atoms with E-state index in [1.807, 2.05) is 0 Å². The molecule has 154 valence electrons. The lowest BCUT2D eigenvalue weighted by atomic mass is 10.1. The van der Waals surface area contributed by atoms with Crippen molar-refractivity contribution in [2.45, 2.75) is 13.5 Å². The van der Waals surface area contributed by atoms with Crippen LogP contribution in [-0.4, -0.2) is 34.6 Å². The molecule has 0 radical (unpaired) electrons. The summed E-state index contributed by atoms with van der Waals surface area (Å²) in [6.45, 7) is 1.32.